The molecule has 8 nitrogen and oxygen atoms in total. The van der Waals surface area contributed by atoms with Crippen LogP contribution in [0.2, 0.25) is 0 Å². The van der Waals surface area contributed by atoms with Gasteiger partial charge in [0.05, 0.1) is 23.8 Å². The van der Waals surface area contributed by atoms with Crippen molar-refractivity contribution in [3.8, 4) is 11.3 Å². The molecule has 0 radical (unpaired) electrons. The molecule has 0 bridgehead atoms. The van der Waals surface area contributed by atoms with Crippen LogP contribution in [0.15, 0.2) is 46.9 Å². The molecule has 1 saturated carbocycles. The van der Waals surface area contributed by atoms with Gasteiger partial charge in [0.15, 0.2) is 0 Å². The number of furan rings is 1. The van der Waals surface area contributed by atoms with Crippen molar-refractivity contribution in [1.29, 1.82) is 0 Å². The van der Waals surface area contributed by atoms with Gasteiger partial charge in [0.25, 0.3) is 0 Å². The van der Waals surface area contributed by atoms with Crippen molar-refractivity contribution < 1.29 is 44.0 Å². The smallest absolute Gasteiger partial charge is 0.416 e. The zero-order valence-electron chi connectivity index (χ0n) is 17.8. The number of nitrogens with zero attached hydrogens (tertiary/aromatic N) is 1. The van der Waals surface area contributed by atoms with E-state index in [0.29, 0.717) is 25.4 Å². The molecule has 34 heavy (non-hydrogen) atoms. The lowest BCUT2D eigenvalue weighted by Gasteiger charge is -2.19. The van der Waals surface area contributed by atoms with Gasteiger partial charge >= 0.3 is 12.1 Å². The zero-order chi connectivity index (χ0) is 25.1. The first-order valence-electron chi connectivity index (χ1n) is 9.82. The summed E-state index contributed by atoms with van der Waals surface area (Å²) in [5.41, 5.74) is -1.11. The number of carbonyl (C=O) groups is 1. The number of rotatable bonds is 6. The number of esters is 1. The highest BCUT2D eigenvalue weighted by Gasteiger charge is 2.33. The Morgan fingerprint density at radius 1 is 1.00 bits per heavy atom. The number of sulfonamides is 2. The summed E-state index contributed by atoms with van der Waals surface area (Å²) in [7, 11) is -8.47. The van der Waals surface area contributed by atoms with Crippen LogP contribution in [0.1, 0.15) is 28.8 Å². The number of halogens is 3. The molecule has 1 aromatic heterocycles. The van der Waals surface area contributed by atoms with Gasteiger partial charge in [0.2, 0.25) is 20.0 Å². The van der Waals surface area contributed by atoms with Crippen LogP contribution in [0.3, 0.4) is 0 Å². The first-order valence-corrected chi connectivity index (χ1v) is 13.5. The normalized spacial score (nSPS) is 14.9. The highest BCUT2D eigenvalue weighted by molar-refractivity contribution is 8.09. The first-order chi connectivity index (χ1) is 15.7. The summed E-state index contributed by atoms with van der Waals surface area (Å²) in [5, 5.41) is 0.186. The van der Waals surface area contributed by atoms with Crippen molar-refractivity contribution in [3.63, 3.8) is 0 Å². The first kappa shape index (κ1) is 24.1. The number of benzene rings is 2. The summed E-state index contributed by atoms with van der Waals surface area (Å²) < 4.78 is 98.6. The highest BCUT2D eigenvalue weighted by Crippen LogP contribution is 2.39. The molecular weight excluding hydrogens is 499 g/mol. The van der Waals surface area contributed by atoms with Crippen LogP contribution >= 0.6 is 0 Å². The molecule has 0 N–H and O–H groups in total. The van der Waals surface area contributed by atoms with E-state index in [1.807, 2.05) is 0 Å². The minimum Gasteiger partial charge on any atom is -0.459 e. The fraction of sp³-hybridized carbons (Fsp3) is 0.286. The van der Waals surface area contributed by atoms with Gasteiger partial charge in [-0.25, -0.2) is 21.6 Å². The lowest BCUT2D eigenvalue weighted by atomic mass is 10.0. The predicted molar refractivity (Wildman–Crippen MR) is 117 cm³/mol. The van der Waals surface area contributed by atoms with Crippen molar-refractivity contribution in [2.24, 2.45) is 0 Å². The van der Waals surface area contributed by atoms with Crippen LogP contribution in [-0.2, 0) is 31.0 Å². The van der Waals surface area contributed by atoms with Crippen LogP contribution in [-0.4, -0.2) is 41.4 Å². The predicted octanol–water partition coefficient (Wildman–Crippen LogP) is 4.16. The molecule has 0 saturated heterocycles. The van der Waals surface area contributed by atoms with Gasteiger partial charge in [-0.3, -0.25) is 0 Å². The van der Waals surface area contributed by atoms with Crippen LogP contribution < -0.4 is 3.71 Å². The van der Waals surface area contributed by atoms with E-state index in [-0.39, 0.29) is 43.4 Å². The number of anilines is 1. The molecule has 4 rings (SSSR count). The molecule has 1 aliphatic carbocycles. The van der Waals surface area contributed by atoms with E-state index in [0.717, 1.165) is 30.3 Å². The SMILES string of the molecule is CS(=O)(=O)N(c1ccc2c(C(=O)OC3CC3)c(-c3ccc(C(F)(F)F)cc3)oc2c1)S(C)(=O)=O. The summed E-state index contributed by atoms with van der Waals surface area (Å²) in [6.45, 7) is 0. The average molecular weight is 518 g/mol. The number of hydrogen-bond donors (Lipinski definition) is 0. The maximum absolute atomic E-state index is 13.0. The molecule has 0 unspecified atom stereocenters. The molecule has 13 heteroatoms. The third kappa shape index (κ3) is 4.75. The van der Waals surface area contributed by atoms with Gasteiger partial charge in [-0.1, -0.05) is 12.1 Å². The quantitative estimate of drug-likeness (QED) is 0.452. The molecule has 1 heterocycles. The molecular formula is C21H18F3NO7S2. The van der Waals surface area contributed by atoms with Crippen molar-refractivity contribution in [2.45, 2.75) is 25.1 Å². The van der Waals surface area contributed by atoms with Crippen LogP contribution in [0.25, 0.3) is 22.3 Å². The second-order valence-corrected chi connectivity index (χ2v) is 11.8. The largest absolute Gasteiger partial charge is 0.459 e. The van der Waals surface area contributed by atoms with E-state index in [4.69, 9.17) is 9.15 Å². The van der Waals surface area contributed by atoms with E-state index < -0.39 is 37.8 Å². The topological polar surface area (TPSA) is 111 Å². The molecule has 2 aromatic carbocycles. The standard InChI is InChI=1S/C21H18F3NO7S2/c1-33(27,28)25(34(2,29)30)14-7-10-16-17(11-14)32-19(18(16)20(26)31-15-8-9-15)12-3-5-13(6-4-12)21(22,23)24/h3-7,10-11,15H,8-9H2,1-2H3. The second-order valence-electron chi connectivity index (χ2n) is 7.89. The average Bonchev–Trinajstić information content (AvgIpc) is 3.42. The van der Waals surface area contributed by atoms with E-state index >= 15 is 0 Å². The fourth-order valence-electron chi connectivity index (χ4n) is 3.44. The Morgan fingerprint density at radius 3 is 2.09 bits per heavy atom. The van der Waals surface area contributed by atoms with Gasteiger partial charge in [-0.05, 0) is 37.1 Å². The Labute approximate surface area is 193 Å². The van der Waals surface area contributed by atoms with Crippen molar-refractivity contribution in [2.75, 3.05) is 16.2 Å². The second kappa shape index (κ2) is 8.01. The maximum atomic E-state index is 13.0. The van der Waals surface area contributed by atoms with Crippen LogP contribution in [0.5, 0.6) is 0 Å². The van der Waals surface area contributed by atoms with E-state index in [1.165, 1.54) is 12.1 Å². The minimum absolute atomic E-state index is 0.0487. The van der Waals surface area contributed by atoms with E-state index in [1.54, 1.807) is 0 Å². The monoisotopic (exact) mass is 517 g/mol. The summed E-state index contributed by atoms with van der Waals surface area (Å²) in [6, 6.07) is 7.54. The van der Waals surface area contributed by atoms with Gasteiger partial charge in [-0.2, -0.15) is 16.9 Å². The summed E-state index contributed by atoms with van der Waals surface area (Å²) in [5.74, 6) is -0.844. The molecule has 1 aliphatic rings. The van der Waals surface area contributed by atoms with E-state index in [9.17, 15) is 34.8 Å². The molecule has 0 spiro atoms. The summed E-state index contributed by atoms with van der Waals surface area (Å²) in [6.07, 6.45) is -2.05. The Kier molecular flexibility index (Phi) is 5.67. The summed E-state index contributed by atoms with van der Waals surface area (Å²) in [4.78, 5) is 12.9. The van der Waals surface area contributed by atoms with Crippen molar-refractivity contribution >= 4 is 42.7 Å². The third-order valence-electron chi connectivity index (χ3n) is 4.96. The van der Waals surface area contributed by atoms with Gasteiger partial charge < -0.3 is 9.15 Å². The number of fused-ring (bicyclic) bond motifs is 1. The molecule has 1 fully saturated rings. The van der Waals surface area contributed by atoms with Crippen LogP contribution in [0, 0.1) is 0 Å². The number of alkyl halides is 3. The molecule has 3 aromatic rings. The highest BCUT2D eigenvalue weighted by atomic mass is 32.3. The van der Waals surface area contributed by atoms with Crippen LogP contribution in [0.4, 0.5) is 18.9 Å². The third-order valence-corrected chi connectivity index (χ3v) is 8.21. The van der Waals surface area contributed by atoms with Gasteiger partial charge in [0.1, 0.15) is 23.0 Å². The van der Waals surface area contributed by atoms with E-state index in [2.05, 4.69) is 0 Å². The molecule has 0 atom stereocenters. The fourth-order valence-corrected chi connectivity index (χ4v) is 6.40. The van der Waals surface area contributed by atoms with Gasteiger partial charge in [-0.15, -0.1) is 0 Å². The maximum Gasteiger partial charge on any atom is 0.416 e. The van der Waals surface area contributed by atoms with Gasteiger partial charge in [0, 0.05) is 17.0 Å². The number of carbonyl (C=O) groups excluding carboxylic acids is 1. The lowest BCUT2D eigenvalue weighted by molar-refractivity contribution is -0.137. The minimum atomic E-state index is -4.56. The molecule has 0 aliphatic heterocycles. The zero-order valence-corrected chi connectivity index (χ0v) is 19.4. The van der Waals surface area contributed by atoms with Crippen molar-refractivity contribution in [3.05, 3.63) is 53.6 Å². The molecule has 182 valence electrons. The summed E-state index contributed by atoms with van der Waals surface area (Å²) >= 11 is 0. The Morgan fingerprint density at radius 2 is 1.59 bits per heavy atom. The van der Waals surface area contributed by atoms with Crippen molar-refractivity contribution in [1.82, 2.24) is 0 Å². The Bertz CT molecular complexity index is 1460. The number of ether oxygens (including phenoxy) is 1. The molecule has 0 amide bonds. The Hall–Kier alpha value is -3.06. The lowest BCUT2D eigenvalue weighted by Crippen LogP contribution is -2.35. The number of hydrogen-bond acceptors (Lipinski definition) is 7. The Balaban J connectivity index is 1.90.